The molecule has 1 heterocycles. The predicted molar refractivity (Wildman–Crippen MR) is 98.0 cm³/mol. The molecular formula is C19H26N4O2. The molecule has 2 aromatic rings. The van der Waals surface area contributed by atoms with Gasteiger partial charge in [0.05, 0.1) is 5.69 Å². The molecule has 1 aliphatic carbocycles. The zero-order valence-electron chi connectivity index (χ0n) is 14.8. The van der Waals surface area contributed by atoms with E-state index in [0.717, 1.165) is 37.1 Å². The van der Waals surface area contributed by atoms with Gasteiger partial charge < -0.3 is 10.4 Å². The quantitative estimate of drug-likeness (QED) is 0.798. The molecule has 0 saturated heterocycles. The van der Waals surface area contributed by atoms with Gasteiger partial charge >= 0.3 is 6.03 Å². The highest BCUT2D eigenvalue weighted by molar-refractivity contribution is 5.88. The molecule has 3 rings (SSSR count). The van der Waals surface area contributed by atoms with E-state index in [0.29, 0.717) is 11.7 Å². The molecule has 6 nitrogen and oxygen atoms in total. The van der Waals surface area contributed by atoms with E-state index in [1.807, 2.05) is 48.9 Å². The number of nitrogens with one attached hydrogen (secondary N) is 2. The summed E-state index contributed by atoms with van der Waals surface area (Å²) in [6, 6.07) is 9.92. The molecular weight excluding hydrogens is 316 g/mol. The standard InChI is InChI=1S/C19H26N4O2/c1-13-3-9-17(10-4-13)23-14(2)11-18(22-23)21-19(25)20-16-7-5-15(12-24)6-8-16/h3-4,9-11,15-16,24H,5-8,12H2,1-2H3,(H2,20,21,22,25). The summed E-state index contributed by atoms with van der Waals surface area (Å²) in [5.74, 6) is 0.925. The van der Waals surface area contributed by atoms with Crippen molar-refractivity contribution in [2.24, 2.45) is 5.92 Å². The van der Waals surface area contributed by atoms with E-state index in [-0.39, 0.29) is 18.7 Å². The van der Waals surface area contributed by atoms with Crippen LogP contribution in [0.25, 0.3) is 5.69 Å². The fourth-order valence-corrected chi connectivity index (χ4v) is 3.31. The third-order valence-corrected chi connectivity index (χ3v) is 4.85. The lowest BCUT2D eigenvalue weighted by Gasteiger charge is -2.27. The Morgan fingerprint density at radius 1 is 1.20 bits per heavy atom. The van der Waals surface area contributed by atoms with Crippen molar-refractivity contribution in [1.29, 1.82) is 0 Å². The number of rotatable bonds is 4. The van der Waals surface area contributed by atoms with Gasteiger partial charge in [-0.2, -0.15) is 0 Å². The third kappa shape index (κ3) is 4.39. The number of aryl methyl sites for hydroxylation is 2. The normalized spacial score (nSPS) is 20.3. The molecule has 0 aliphatic heterocycles. The average Bonchev–Trinajstić information content (AvgIpc) is 2.96. The highest BCUT2D eigenvalue weighted by atomic mass is 16.3. The Morgan fingerprint density at radius 2 is 1.88 bits per heavy atom. The molecule has 2 amide bonds. The first-order chi connectivity index (χ1) is 12.0. The second kappa shape index (κ2) is 7.70. The molecule has 6 heteroatoms. The molecule has 0 bridgehead atoms. The van der Waals surface area contributed by atoms with Gasteiger partial charge in [0.15, 0.2) is 5.82 Å². The molecule has 1 aromatic heterocycles. The van der Waals surface area contributed by atoms with Crippen LogP contribution < -0.4 is 10.6 Å². The van der Waals surface area contributed by atoms with Crippen molar-refractivity contribution in [3.63, 3.8) is 0 Å². The Labute approximate surface area is 148 Å². The number of aliphatic hydroxyl groups is 1. The first kappa shape index (κ1) is 17.5. The minimum atomic E-state index is -0.221. The van der Waals surface area contributed by atoms with Crippen LogP contribution in [0.2, 0.25) is 0 Å². The molecule has 0 spiro atoms. The summed E-state index contributed by atoms with van der Waals surface area (Å²) in [5, 5.41) is 19.5. The monoisotopic (exact) mass is 342 g/mol. The van der Waals surface area contributed by atoms with Gasteiger partial charge in [0, 0.05) is 24.4 Å². The molecule has 0 unspecified atom stereocenters. The second-order valence-electron chi connectivity index (χ2n) is 6.92. The van der Waals surface area contributed by atoms with Crippen LogP contribution in [0.4, 0.5) is 10.6 Å². The van der Waals surface area contributed by atoms with Gasteiger partial charge in [0.2, 0.25) is 0 Å². The molecule has 1 fully saturated rings. The minimum absolute atomic E-state index is 0.170. The number of aliphatic hydroxyl groups excluding tert-OH is 1. The van der Waals surface area contributed by atoms with Gasteiger partial charge in [-0.05, 0) is 57.6 Å². The Hall–Kier alpha value is -2.34. The number of aromatic nitrogens is 2. The number of nitrogens with zero attached hydrogens (tertiary/aromatic N) is 2. The highest BCUT2D eigenvalue weighted by Crippen LogP contribution is 2.23. The summed E-state index contributed by atoms with van der Waals surface area (Å²) in [7, 11) is 0. The van der Waals surface area contributed by atoms with Crippen LogP contribution in [0.3, 0.4) is 0 Å². The topological polar surface area (TPSA) is 79.2 Å². The smallest absolute Gasteiger partial charge is 0.320 e. The molecule has 1 aliphatic rings. The maximum absolute atomic E-state index is 12.2. The van der Waals surface area contributed by atoms with Crippen molar-refractivity contribution < 1.29 is 9.90 Å². The fourth-order valence-electron chi connectivity index (χ4n) is 3.31. The lowest BCUT2D eigenvalue weighted by molar-refractivity contribution is 0.176. The van der Waals surface area contributed by atoms with Gasteiger partial charge in [-0.1, -0.05) is 17.7 Å². The molecule has 1 saturated carbocycles. The van der Waals surface area contributed by atoms with Crippen LogP contribution in [0.5, 0.6) is 0 Å². The number of anilines is 1. The summed E-state index contributed by atoms with van der Waals surface area (Å²) in [6.45, 7) is 4.26. The first-order valence-corrected chi connectivity index (χ1v) is 8.87. The average molecular weight is 342 g/mol. The lowest BCUT2D eigenvalue weighted by Crippen LogP contribution is -2.40. The van der Waals surface area contributed by atoms with E-state index in [2.05, 4.69) is 15.7 Å². The van der Waals surface area contributed by atoms with Crippen LogP contribution in [-0.2, 0) is 0 Å². The third-order valence-electron chi connectivity index (χ3n) is 4.85. The Bertz CT molecular complexity index is 716. The van der Waals surface area contributed by atoms with Gasteiger partial charge in [-0.25, -0.2) is 9.48 Å². The maximum atomic E-state index is 12.2. The van der Waals surface area contributed by atoms with Crippen LogP contribution in [0, 0.1) is 19.8 Å². The minimum Gasteiger partial charge on any atom is -0.396 e. The molecule has 25 heavy (non-hydrogen) atoms. The van der Waals surface area contributed by atoms with Crippen LogP contribution in [0.15, 0.2) is 30.3 Å². The zero-order valence-corrected chi connectivity index (χ0v) is 14.8. The van der Waals surface area contributed by atoms with Gasteiger partial charge in [0.25, 0.3) is 0 Å². The van der Waals surface area contributed by atoms with Crippen molar-refractivity contribution in [3.05, 3.63) is 41.6 Å². The van der Waals surface area contributed by atoms with E-state index >= 15 is 0 Å². The molecule has 3 N–H and O–H groups in total. The Kier molecular flexibility index (Phi) is 5.38. The maximum Gasteiger partial charge on any atom is 0.320 e. The van der Waals surface area contributed by atoms with Gasteiger partial charge in [-0.3, -0.25) is 5.32 Å². The summed E-state index contributed by atoms with van der Waals surface area (Å²) in [6.07, 6.45) is 3.75. The highest BCUT2D eigenvalue weighted by Gasteiger charge is 2.22. The Balaban J connectivity index is 1.59. The fraction of sp³-hybridized carbons (Fsp3) is 0.474. The van der Waals surface area contributed by atoms with Crippen LogP contribution in [0.1, 0.15) is 36.9 Å². The number of carbonyl (C=O) groups is 1. The summed E-state index contributed by atoms with van der Waals surface area (Å²) in [5.41, 5.74) is 3.13. The van der Waals surface area contributed by atoms with Crippen molar-refractivity contribution in [1.82, 2.24) is 15.1 Å². The van der Waals surface area contributed by atoms with Crippen molar-refractivity contribution in [2.75, 3.05) is 11.9 Å². The SMILES string of the molecule is Cc1ccc(-n2nc(NC(=O)NC3CCC(CO)CC3)cc2C)cc1. The molecule has 0 atom stereocenters. The lowest BCUT2D eigenvalue weighted by atomic mass is 9.87. The van der Waals surface area contributed by atoms with Gasteiger partial charge in [0.1, 0.15) is 0 Å². The first-order valence-electron chi connectivity index (χ1n) is 8.87. The summed E-state index contributed by atoms with van der Waals surface area (Å²) < 4.78 is 1.82. The number of carbonyl (C=O) groups excluding carboxylic acids is 1. The molecule has 134 valence electrons. The molecule has 1 aromatic carbocycles. The van der Waals surface area contributed by atoms with E-state index in [9.17, 15) is 9.90 Å². The van der Waals surface area contributed by atoms with E-state index < -0.39 is 0 Å². The largest absolute Gasteiger partial charge is 0.396 e. The van der Waals surface area contributed by atoms with Crippen molar-refractivity contribution in [3.8, 4) is 5.69 Å². The predicted octanol–water partition coefficient (Wildman–Crippen LogP) is 3.16. The molecule has 0 radical (unpaired) electrons. The summed E-state index contributed by atoms with van der Waals surface area (Å²) in [4.78, 5) is 12.2. The number of hydrogen-bond acceptors (Lipinski definition) is 3. The van der Waals surface area contributed by atoms with Crippen LogP contribution >= 0.6 is 0 Å². The number of amides is 2. The van der Waals surface area contributed by atoms with E-state index in [4.69, 9.17) is 0 Å². The number of benzene rings is 1. The second-order valence-corrected chi connectivity index (χ2v) is 6.92. The summed E-state index contributed by atoms with van der Waals surface area (Å²) >= 11 is 0. The van der Waals surface area contributed by atoms with Crippen molar-refractivity contribution >= 4 is 11.8 Å². The van der Waals surface area contributed by atoms with Crippen molar-refractivity contribution in [2.45, 2.75) is 45.6 Å². The zero-order chi connectivity index (χ0) is 17.8. The van der Waals surface area contributed by atoms with E-state index in [1.165, 1.54) is 5.56 Å². The van der Waals surface area contributed by atoms with E-state index in [1.54, 1.807) is 0 Å². The van der Waals surface area contributed by atoms with Gasteiger partial charge in [-0.15, -0.1) is 5.10 Å². The number of hydrogen-bond donors (Lipinski definition) is 3. The number of urea groups is 1. The Morgan fingerprint density at radius 3 is 2.52 bits per heavy atom. The van der Waals surface area contributed by atoms with Crippen LogP contribution in [-0.4, -0.2) is 33.6 Å².